The van der Waals surface area contributed by atoms with Crippen molar-refractivity contribution < 1.29 is 4.79 Å². The summed E-state index contributed by atoms with van der Waals surface area (Å²) in [5.41, 5.74) is 0.705. The van der Waals surface area contributed by atoms with Gasteiger partial charge in [-0.2, -0.15) is 5.10 Å². The van der Waals surface area contributed by atoms with E-state index in [0.29, 0.717) is 16.3 Å². The zero-order valence-electron chi connectivity index (χ0n) is 8.30. The van der Waals surface area contributed by atoms with Gasteiger partial charge in [-0.3, -0.25) is 9.89 Å². The molecule has 0 saturated heterocycles. The summed E-state index contributed by atoms with van der Waals surface area (Å²) in [4.78, 5) is 11.7. The summed E-state index contributed by atoms with van der Waals surface area (Å²) in [6.45, 7) is 0. The molecule has 1 heterocycles. The van der Waals surface area contributed by atoms with Gasteiger partial charge in [0, 0.05) is 11.2 Å². The molecule has 7 heteroatoms. The first kappa shape index (κ1) is 12.2. The monoisotopic (exact) mass is 289 g/mol. The lowest BCUT2D eigenvalue weighted by molar-refractivity contribution is 0.102. The van der Waals surface area contributed by atoms with E-state index >= 15 is 0 Å². The summed E-state index contributed by atoms with van der Waals surface area (Å²) in [5.74, 6) is -0.357. The number of carbonyl (C=O) groups is 1. The van der Waals surface area contributed by atoms with Crippen molar-refractivity contribution in [1.82, 2.24) is 10.2 Å². The molecule has 2 N–H and O–H groups in total. The van der Waals surface area contributed by atoms with E-state index in [9.17, 15) is 4.79 Å². The Labute approximate surface area is 112 Å². The van der Waals surface area contributed by atoms with Gasteiger partial charge in [-0.25, -0.2) is 0 Å². The number of anilines is 1. The third-order valence-corrected chi connectivity index (χ3v) is 2.82. The van der Waals surface area contributed by atoms with Crippen LogP contribution in [0.3, 0.4) is 0 Å². The molecule has 0 aliphatic carbocycles. The molecule has 1 amide bonds. The fraction of sp³-hybridized carbons (Fsp3) is 0. The number of benzene rings is 1. The Morgan fingerprint density at radius 1 is 1.24 bits per heavy atom. The molecule has 0 aliphatic heterocycles. The maximum atomic E-state index is 11.7. The molecular weight excluding hydrogens is 284 g/mol. The summed E-state index contributed by atoms with van der Waals surface area (Å²) in [6, 6.07) is 3.00. The molecule has 0 radical (unpaired) electrons. The number of aromatic amines is 1. The van der Waals surface area contributed by atoms with Crippen molar-refractivity contribution in [2.24, 2.45) is 0 Å². The number of rotatable bonds is 2. The second-order valence-corrected chi connectivity index (χ2v) is 4.44. The van der Waals surface area contributed by atoms with E-state index in [1.54, 1.807) is 0 Å². The molecule has 4 nitrogen and oxygen atoms in total. The average molecular weight is 291 g/mol. The summed E-state index contributed by atoms with van der Waals surface area (Å²) in [6.07, 6.45) is 2.86. The second kappa shape index (κ2) is 4.96. The van der Waals surface area contributed by atoms with Crippen molar-refractivity contribution in [3.63, 3.8) is 0 Å². The van der Waals surface area contributed by atoms with Gasteiger partial charge in [0.25, 0.3) is 5.91 Å². The standard InChI is InChI=1S/C10H6Cl3N3O/c11-6-1-7(12)9(8(13)2-6)16-10(17)5-3-14-15-4-5/h1-4H,(H,14,15)(H,16,17). The third kappa shape index (κ3) is 2.72. The van der Waals surface area contributed by atoms with E-state index < -0.39 is 0 Å². The lowest BCUT2D eigenvalue weighted by Crippen LogP contribution is -2.11. The van der Waals surface area contributed by atoms with Crippen LogP contribution in [0.25, 0.3) is 0 Å². The van der Waals surface area contributed by atoms with Gasteiger partial charge in [0.2, 0.25) is 0 Å². The highest BCUT2D eigenvalue weighted by Gasteiger charge is 2.13. The van der Waals surface area contributed by atoms with Crippen LogP contribution in [0.1, 0.15) is 10.4 Å². The summed E-state index contributed by atoms with van der Waals surface area (Å²) >= 11 is 17.6. The number of halogens is 3. The molecule has 1 aromatic heterocycles. The third-order valence-electron chi connectivity index (χ3n) is 2.01. The smallest absolute Gasteiger partial charge is 0.258 e. The molecule has 0 spiro atoms. The predicted octanol–water partition coefficient (Wildman–Crippen LogP) is 3.62. The quantitative estimate of drug-likeness (QED) is 0.887. The van der Waals surface area contributed by atoms with Crippen molar-refractivity contribution in [2.75, 3.05) is 5.32 Å². The number of aromatic nitrogens is 2. The van der Waals surface area contributed by atoms with Crippen molar-refractivity contribution in [3.05, 3.63) is 45.2 Å². The van der Waals surface area contributed by atoms with Gasteiger partial charge in [0.15, 0.2) is 0 Å². The number of H-pyrrole nitrogens is 1. The van der Waals surface area contributed by atoms with Gasteiger partial charge in [-0.1, -0.05) is 34.8 Å². The van der Waals surface area contributed by atoms with Crippen molar-refractivity contribution in [3.8, 4) is 0 Å². The number of hydrogen-bond acceptors (Lipinski definition) is 2. The SMILES string of the molecule is O=C(Nc1c(Cl)cc(Cl)cc1Cl)c1cn[nH]c1. The van der Waals surface area contributed by atoms with Gasteiger partial charge in [0.1, 0.15) is 0 Å². The Bertz CT molecular complexity index is 531. The van der Waals surface area contributed by atoms with Gasteiger partial charge in [-0.05, 0) is 12.1 Å². The summed E-state index contributed by atoms with van der Waals surface area (Å²) < 4.78 is 0. The lowest BCUT2D eigenvalue weighted by Gasteiger charge is -2.08. The maximum absolute atomic E-state index is 11.7. The lowest BCUT2D eigenvalue weighted by atomic mass is 10.3. The van der Waals surface area contributed by atoms with E-state index in [2.05, 4.69) is 15.5 Å². The molecule has 17 heavy (non-hydrogen) atoms. The Balaban J connectivity index is 2.28. The first-order valence-corrected chi connectivity index (χ1v) is 5.66. The van der Waals surface area contributed by atoms with E-state index in [4.69, 9.17) is 34.8 Å². The predicted molar refractivity (Wildman–Crippen MR) is 68.0 cm³/mol. The van der Waals surface area contributed by atoms with Gasteiger partial charge in [-0.15, -0.1) is 0 Å². The van der Waals surface area contributed by atoms with E-state index in [1.165, 1.54) is 24.5 Å². The maximum Gasteiger partial charge on any atom is 0.258 e. The van der Waals surface area contributed by atoms with Crippen LogP contribution < -0.4 is 5.32 Å². The van der Waals surface area contributed by atoms with E-state index in [0.717, 1.165) is 0 Å². The molecule has 0 atom stereocenters. The summed E-state index contributed by atoms with van der Waals surface area (Å²) in [5, 5.41) is 9.75. The van der Waals surface area contributed by atoms with Crippen LogP contribution >= 0.6 is 34.8 Å². The average Bonchev–Trinajstić information content (AvgIpc) is 2.76. The molecule has 88 valence electrons. The molecule has 2 aromatic rings. The van der Waals surface area contributed by atoms with E-state index in [1.807, 2.05) is 0 Å². The fourth-order valence-corrected chi connectivity index (χ4v) is 2.13. The van der Waals surface area contributed by atoms with Crippen LogP contribution in [0.15, 0.2) is 24.5 Å². The number of nitrogens with one attached hydrogen (secondary N) is 2. The molecule has 0 fully saturated rings. The largest absolute Gasteiger partial charge is 0.319 e. The minimum atomic E-state index is -0.357. The molecule has 0 saturated carbocycles. The topological polar surface area (TPSA) is 57.8 Å². The normalized spacial score (nSPS) is 10.3. The van der Waals surface area contributed by atoms with Crippen molar-refractivity contribution >= 4 is 46.4 Å². The zero-order valence-corrected chi connectivity index (χ0v) is 10.6. The first-order valence-electron chi connectivity index (χ1n) is 4.52. The molecule has 1 aromatic carbocycles. The Morgan fingerprint density at radius 3 is 2.41 bits per heavy atom. The minimum absolute atomic E-state index is 0.277. The Hall–Kier alpha value is -1.23. The second-order valence-electron chi connectivity index (χ2n) is 3.19. The number of amides is 1. The first-order chi connectivity index (χ1) is 8.08. The van der Waals surface area contributed by atoms with Crippen LogP contribution in [-0.4, -0.2) is 16.1 Å². The Morgan fingerprint density at radius 2 is 1.88 bits per heavy atom. The van der Waals surface area contributed by atoms with Crippen molar-refractivity contribution in [1.29, 1.82) is 0 Å². The molecular formula is C10H6Cl3N3O. The number of carbonyl (C=O) groups excluding carboxylic acids is 1. The summed E-state index contributed by atoms with van der Waals surface area (Å²) in [7, 11) is 0. The van der Waals surface area contributed by atoms with Gasteiger partial charge in [0.05, 0.1) is 27.5 Å². The molecule has 0 bridgehead atoms. The molecule has 2 rings (SSSR count). The zero-order chi connectivity index (χ0) is 12.4. The minimum Gasteiger partial charge on any atom is -0.319 e. The highest BCUT2D eigenvalue weighted by molar-refractivity contribution is 6.42. The number of hydrogen-bond donors (Lipinski definition) is 2. The van der Waals surface area contributed by atoms with Crippen LogP contribution in [0.4, 0.5) is 5.69 Å². The van der Waals surface area contributed by atoms with E-state index in [-0.39, 0.29) is 16.0 Å². The molecule has 0 aliphatic rings. The molecule has 0 unspecified atom stereocenters. The van der Waals surface area contributed by atoms with Crippen LogP contribution in [-0.2, 0) is 0 Å². The highest BCUT2D eigenvalue weighted by Crippen LogP contribution is 2.33. The van der Waals surface area contributed by atoms with Gasteiger partial charge < -0.3 is 5.32 Å². The van der Waals surface area contributed by atoms with Crippen LogP contribution in [0.2, 0.25) is 15.1 Å². The van der Waals surface area contributed by atoms with Crippen LogP contribution in [0, 0.1) is 0 Å². The Kier molecular flexibility index (Phi) is 3.57. The fourth-order valence-electron chi connectivity index (χ4n) is 1.22. The van der Waals surface area contributed by atoms with Crippen molar-refractivity contribution in [2.45, 2.75) is 0 Å². The van der Waals surface area contributed by atoms with Gasteiger partial charge >= 0.3 is 0 Å². The van der Waals surface area contributed by atoms with Crippen LogP contribution in [0.5, 0.6) is 0 Å². The highest BCUT2D eigenvalue weighted by atomic mass is 35.5. The number of nitrogens with zero attached hydrogens (tertiary/aromatic N) is 1.